The second-order valence-electron chi connectivity index (χ2n) is 8.17. The van der Waals surface area contributed by atoms with E-state index in [0.29, 0.717) is 13.1 Å². The molecule has 2 aliphatic heterocycles. The van der Waals surface area contributed by atoms with E-state index >= 15 is 0 Å². The normalized spacial score (nSPS) is 23.1. The first-order chi connectivity index (χ1) is 11.8. The van der Waals surface area contributed by atoms with Crippen LogP contribution in [0.5, 0.6) is 0 Å². The molecule has 0 aromatic rings. The zero-order valence-electron chi connectivity index (χ0n) is 16.1. The van der Waals surface area contributed by atoms with Crippen LogP contribution in [0.25, 0.3) is 0 Å². The smallest absolute Gasteiger partial charge is 0.241 e. The van der Waals surface area contributed by atoms with Gasteiger partial charge in [-0.25, -0.2) is 0 Å². The minimum atomic E-state index is -0.497. The fraction of sp³-hybridized carbons (Fsp3) is 0.833. The molecule has 2 fully saturated rings. The van der Waals surface area contributed by atoms with Crippen LogP contribution in [0.4, 0.5) is 0 Å². The second kappa shape index (κ2) is 10.1. The fourth-order valence-corrected chi connectivity index (χ4v) is 3.27. The van der Waals surface area contributed by atoms with Gasteiger partial charge in [0.25, 0.3) is 0 Å². The highest BCUT2D eigenvalue weighted by Crippen LogP contribution is 2.17. The van der Waals surface area contributed by atoms with E-state index in [1.165, 1.54) is 0 Å². The first-order valence-corrected chi connectivity index (χ1v) is 9.34. The molecular formula is C18H33ClN4O3. The standard InChI is InChI=1S/C18H32N4O3.ClH/c1-18(2,3)17(25)21-11-15(23)22-9-5-6-13(12-22)10-20-16(24)14-7-4-8-19-14;/h13-14,19H,4-12H2,1-3H3,(H,20,24)(H,21,25);1H. The van der Waals surface area contributed by atoms with E-state index in [0.717, 1.165) is 38.8 Å². The number of carbonyl (C=O) groups excluding carboxylic acids is 3. The van der Waals surface area contributed by atoms with Gasteiger partial charge in [0.05, 0.1) is 12.6 Å². The number of likely N-dealkylation sites (tertiary alicyclic amines) is 1. The molecule has 3 amide bonds. The van der Waals surface area contributed by atoms with E-state index < -0.39 is 5.41 Å². The van der Waals surface area contributed by atoms with Gasteiger partial charge in [-0.05, 0) is 38.1 Å². The quantitative estimate of drug-likeness (QED) is 0.646. The molecule has 150 valence electrons. The number of halogens is 1. The number of piperidine rings is 1. The molecule has 7 nitrogen and oxygen atoms in total. The predicted molar refractivity (Wildman–Crippen MR) is 103 cm³/mol. The van der Waals surface area contributed by atoms with E-state index in [4.69, 9.17) is 0 Å². The fourth-order valence-electron chi connectivity index (χ4n) is 3.27. The maximum Gasteiger partial charge on any atom is 0.241 e. The van der Waals surface area contributed by atoms with Gasteiger partial charge in [0, 0.05) is 25.0 Å². The highest BCUT2D eigenvalue weighted by atomic mass is 35.5. The van der Waals surface area contributed by atoms with Crippen LogP contribution in [0, 0.1) is 11.3 Å². The lowest BCUT2D eigenvalue weighted by atomic mass is 9.95. The van der Waals surface area contributed by atoms with Crippen molar-refractivity contribution >= 4 is 30.1 Å². The Hall–Kier alpha value is -1.34. The SMILES string of the molecule is CC(C)(C)C(=O)NCC(=O)N1CCCC(CNC(=O)C2CCCN2)C1.Cl. The minimum absolute atomic E-state index is 0. The Morgan fingerprint density at radius 2 is 1.85 bits per heavy atom. The number of amides is 3. The maximum absolute atomic E-state index is 12.3. The van der Waals surface area contributed by atoms with Crippen molar-refractivity contribution in [3.8, 4) is 0 Å². The van der Waals surface area contributed by atoms with Crippen molar-refractivity contribution in [2.24, 2.45) is 11.3 Å². The molecule has 2 rings (SSSR count). The predicted octanol–water partition coefficient (Wildman–Crippen LogP) is 0.677. The van der Waals surface area contributed by atoms with Gasteiger partial charge in [-0.2, -0.15) is 0 Å². The summed E-state index contributed by atoms with van der Waals surface area (Å²) in [7, 11) is 0. The molecule has 3 N–H and O–H groups in total. The van der Waals surface area contributed by atoms with Crippen LogP contribution < -0.4 is 16.0 Å². The largest absolute Gasteiger partial charge is 0.354 e. The lowest BCUT2D eigenvalue weighted by Crippen LogP contribution is -2.49. The molecule has 2 saturated heterocycles. The summed E-state index contributed by atoms with van der Waals surface area (Å²) in [4.78, 5) is 38.1. The third kappa shape index (κ3) is 6.76. The van der Waals surface area contributed by atoms with Gasteiger partial charge in [0.1, 0.15) is 0 Å². The Labute approximate surface area is 162 Å². The van der Waals surface area contributed by atoms with Crippen LogP contribution in [-0.4, -0.2) is 61.4 Å². The highest BCUT2D eigenvalue weighted by molar-refractivity contribution is 5.87. The molecule has 0 saturated carbocycles. The first kappa shape index (κ1) is 22.7. The molecular weight excluding hydrogens is 356 g/mol. The van der Waals surface area contributed by atoms with Gasteiger partial charge in [-0.15, -0.1) is 12.4 Å². The molecule has 2 atom stereocenters. The van der Waals surface area contributed by atoms with Crippen molar-refractivity contribution in [1.29, 1.82) is 0 Å². The van der Waals surface area contributed by atoms with E-state index in [2.05, 4.69) is 16.0 Å². The molecule has 2 unspecified atom stereocenters. The van der Waals surface area contributed by atoms with Gasteiger partial charge in [0.15, 0.2) is 0 Å². The van der Waals surface area contributed by atoms with Crippen molar-refractivity contribution in [1.82, 2.24) is 20.9 Å². The zero-order valence-corrected chi connectivity index (χ0v) is 16.9. The van der Waals surface area contributed by atoms with E-state index in [-0.39, 0.29) is 48.6 Å². The highest BCUT2D eigenvalue weighted by Gasteiger charge is 2.27. The minimum Gasteiger partial charge on any atom is -0.354 e. The summed E-state index contributed by atoms with van der Waals surface area (Å²) in [5.74, 6) is 0.177. The summed E-state index contributed by atoms with van der Waals surface area (Å²) >= 11 is 0. The lowest BCUT2D eigenvalue weighted by Gasteiger charge is -2.33. The summed E-state index contributed by atoms with van der Waals surface area (Å²) < 4.78 is 0. The molecule has 0 bridgehead atoms. The second-order valence-corrected chi connectivity index (χ2v) is 8.17. The van der Waals surface area contributed by atoms with Gasteiger partial charge in [0.2, 0.25) is 17.7 Å². The van der Waals surface area contributed by atoms with Crippen molar-refractivity contribution < 1.29 is 14.4 Å². The summed E-state index contributed by atoms with van der Waals surface area (Å²) in [6.07, 6.45) is 3.89. The number of carbonyl (C=O) groups is 3. The summed E-state index contributed by atoms with van der Waals surface area (Å²) in [5, 5.41) is 8.92. The summed E-state index contributed by atoms with van der Waals surface area (Å²) in [6.45, 7) is 8.39. The van der Waals surface area contributed by atoms with Crippen LogP contribution in [0.2, 0.25) is 0 Å². The number of nitrogens with one attached hydrogen (secondary N) is 3. The van der Waals surface area contributed by atoms with Crippen LogP contribution in [-0.2, 0) is 14.4 Å². The molecule has 8 heteroatoms. The Kier molecular flexibility index (Phi) is 8.83. The van der Waals surface area contributed by atoms with Crippen molar-refractivity contribution in [2.45, 2.75) is 52.5 Å². The number of rotatable bonds is 5. The van der Waals surface area contributed by atoms with Crippen molar-refractivity contribution in [2.75, 3.05) is 32.7 Å². The topological polar surface area (TPSA) is 90.5 Å². The van der Waals surface area contributed by atoms with Crippen molar-refractivity contribution in [3.63, 3.8) is 0 Å². The first-order valence-electron chi connectivity index (χ1n) is 9.34. The molecule has 0 aromatic carbocycles. The van der Waals surface area contributed by atoms with Gasteiger partial charge in [-0.3, -0.25) is 14.4 Å². The van der Waals surface area contributed by atoms with E-state index in [1.54, 1.807) is 4.90 Å². The van der Waals surface area contributed by atoms with Crippen molar-refractivity contribution in [3.05, 3.63) is 0 Å². The number of hydrogen-bond acceptors (Lipinski definition) is 4. The maximum atomic E-state index is 12.3. The van der Waals surface area contributed by atoms with Crippen LogP contribution in [0.1, 0.15) is 46.5 Å². The number of nitrogens with zero attached hydrogens (tertiary/aromatic N) is 1. The molecule has 0 spiro atoms. The average Bonchev–Trinajstić information content (AvgIpc) is 3.11. The summed E-state index contributed by atoms with van der Waals surface area (Å²) in [6, 6.07) is -0.0612. The summed E-state index contributed by atoms with van der Waals surface area (Å²) in [5.41, 5.74) is -0.497. The van der Waals surface area contributed by atoms with Gasteiger partial charge in [-0.1, -0.05) is 20.8 Å². The van der Waals surface area contributed by atoms with E-state index in [9.17, 15) is 14.4 Å². The molecule has 0 aromatic heterocycles. The van der Waals surface area contributed by atoms with E-state index in [1.807, 2.05) is 20.8 Å². The number of hydrogen-bond donors (Lipinski definition) is 3. The van der Waals surface area contributed by atoms with Crippen LogP contribution in [0.3, 0.4) is 0 Å². The average molecular weight is 389 g/mol. The Morgan fingerprint density at radius 3 is 2.46 bits per heavy atom. The zero-order chi connectivity index (χ0) is 18.4. The third-order valence-corrected chi connectivity index (χ3v) is 4.89. The van der Waals surface area contributed by atoms with Crippen LogP contribution in [0.15, 0.2) is 0 Å². The molecule has 2 heterocycles. The Balaban J connectivity index is 0.00000338. The van der Waals surface area contributed by atoms with Crippen LogP contribution >= 0.6 is 12.4 Å². The Morgan fingerprint density at radius 1 is 1.12 bits per heavy atom. The monoisotopic (exact) mass is 388 g/mol. The third-order valence-electron chi connectivity index (χ3n) is 4.89. The lowest BCUT2D eigenvalue weighted by molar-refractivity contribution is -0.136. The Bertz CT molecular complexity index is 501. The molecule has 26 heavy (non-hydrogen) atoms. The molecule has 0 radical (unpaired) electrons. The van der Waals surface area contributed by atoms with Gasteiger partial charge < -0.3 is 20.9 Å². The molecule has 2 aliphatic rings. The molecule has 0 aliphatic carbocycles. The van der Waals surface area contributed by atoms with Gasteiger partial charge >= 0.3 is 0 Å².